The van der Waals surface area contributed by atoms with Gasteiger partial charge < -0.3 is 10.6 Å². The lowest BCUT2D eigenvalue weighted by Crippen LogP contribution is -2.24. The summed E-state index contributed by atoms with van der Waals surface area (Å²) in [6.07, 6.45) is 1.45. The lowest BCUT2D eigenvalue weighted by Gasteiger charge is -2.09. The zero-order chi connectivity index (χ0) is 16.7. The van der Waals surface area contributed by atoms with Gasteiger partial charge in [-0.15, -0.1) is 0 Å². The Bertz CT molecular complexity index is 758. The Balaban J connectivity index is 2.02. The summed E-state index contributed by atoms with van der Waals surface area (Å²) < 4.78 is 0. The molecule has 116 valence electrons. The summed E-state index contributed by atoms with van der Waals surface area (Å²) in [6, 6.07) is 17.4. The van der Waals surface area contributed by atoms with Crippen LogP contribution in [0.4, 0.5) is 5.69 Å². The number of anilines is 1. The molecule has 0 aliphatic heterocycles. The van der Waals surface area contributed by atoms with Crippen LogP contribution in [0.5, 0.6) is 0 Å². The zero-order valence-electron chi connectivity index (χ0n) is 13.3. The number of nitrogens with one attached hydrogen (secondary N) is 2. The number of amides is 1. The monoisotopic (exact) mass is 305 g/mol. The zero-order valence-corrected chi connectivity index (χ0v) is 13.3. The molecule has 0 spiro atoms. The van der Waals surface area contributed by atoms with Gasteiger partial charge in [-0.25, -0.2) is 0 Å². The minimum atomic E-state index is -0.394. The van der Waals surface area contributed by atoms with Crippen molar-refractivity contribution < 1.29 is 4.79 Å². The van der Waals surface area contributed by atoms with Gasteiger partial charge in [0.1, 0.15) is 11.6 Å². The van der Waals surface area contributed by atoms with Gasteiger partial charge >= 0.3 is 0 Å². The van der Waals surface area contributed by atoms with Crippen molar-refractivity contribution in [2.24, 2.45) is 0 Å². The summed E-state index contributed by atoms with van der Waals surface area (Å²) in [5, 5.41) is 15.0. The number of benzene rings is 2. The molecule has 0 aliphatic rings. The van der Waals surface area contributed by atoms with Gasteiger partial charge in [-0.2, -0.15) is 5.26 Å². The molecule has 0 saturated carbocycles. The Morgan fingerprint density at radius 2 is 1.87 bits per heavy atom. The van der Waals surface area contributed by atoms with Crippen LogP contribution in [0.15, 0.2) is 60.3 Å². The number of aryl methyl sites for hydroxylation is 1. The van der Waals surface area contributed by atoms with Gasteiger partial charge in [0.15, 0.2) is 0 Å². The first-order chi connectivity index (χ1) is 11.1. The summed E-state index contributed by atoms with van der Waals surface area (Å²) in [4.78, 5) is 12.1. The van der Waals surface area contributed by atoms with Crippen LogP contribution in [0.3, 0.4) is 0 Å². The Morgan fingerprint density at radius 3 is 2.57 bits per heavy atom. The molecule has 0 radical (unpaired) electrons. The van der Waals surface area contributed by atoms with Crippen molar-refractivity contribution in [2.75, 3.05) is 5.32 Å². The van der Waals surface area contributed by atoms with E-state index in [-0.39, 0.29) is 5.57 Å². The Kier molecular flexibility index (Phi) is 5.54. The number of carbonyl (C=O) groups excluding carboxylic acids is 1. The summed E-state index contributed by atoms with van der Waals surface area (Å²) >= 11 is 0. The number of hydrogen-bond acceptors (Lipinski definition) is 3. The first-order valence-electron chi connectivity index (χ1n) is 7.37. The number of nitriles is 1. The van der Waals surface area contributed by atoms with E-state index in [4.69, 9.17) is 0 Å². The van der Waals surface area contributed by atoms with E-state index in [2.05, 4.69) is 10.6 Å². The van der Waals surface area contributed by atoms with Gasteiger partial charge in [-0.05, 0) is 36.6 Å². The smallest absolute Gasteiger partial charge is 0.263 e. The third-order valence-corrected chi connectivity index (χ3v) is 3.64. The number of hydrogen-bond donors (Lipinski definition) is 2. The number of nitrogens with zero attached hydrogens (tertiary/aromatic N) is 1. The molecule has 0 aliphatic carbocycles. The molecule has 0 heterocycles. The topological polar surface area (TPSA) is 64.9 Å². The molecule has 23 heavy (non-hydrogen) atoms. The second-order valence-electron chi connectivity index (χ2n) is 5.23. The maximum Gasteiger partial charge on any atom is 0.263 e. The largest absolute Gasteiger partial charge is 0.360 e. The van der Waals surface area contributed by atoms with Crippen LogP contribution in [0.1, 0.15) is 16.7 Å². The van der Waals surface area contributed by atoms with E-state index >= 15 is 0 Å². The first kappa shape index (κ1) is 16.3. The van der Waals surface area contributed by atoms with Crippen LogP contribution in [-0.4, -0.2) is 5.91 Å². The van der Waals surface area contributed by atoms with Gasteiger partial charge in [-0.1, -0.05) is 42.5 Å². The molecule has 0 aromatic heterocycles. The molecule has 0 fully saturated rings. The van der Waals surface area contributed by atoms with Gasteiger partial charge in [-0.3, -0.25) is 4.79 Å². The standard InChI is InChI=1S/C19H19N3O/c1-14-7-6-10-18(15(14)2)21-13-17(11-20)19(23)22-12-16-8-4-3-5-9-16/h3-10,13,21H,12H2,1-2H3,(H,22,23)/b17-13-. The van der Waals surface area contributed by atoms with Crippen molar-refractivity contribution in [1.29, 1.82) is 5.26 Å². The fourth-order valence-electron chi connectivity index (χ4n) is 2.08. The van der Waals surface area contributed by atoms with E-state index in [0.29, 0.717) is 6.54 Å². The summed E-state index contributed by atoms with van der Waals surface area (Å²) in [6.45, 7) is 4.40. The highest BCUT2D eigenvalue weighted by Gasteiger charge is 2.08. The van der Waals surface area contributed by atoms with Gasteiger partial charge in [0.05, 0.1) is 0 Å². The van der Waals surface area contributed by atoms with E-state index in [1.807, 2.05) is 68.4 Å². The predicted molar refractivity (Wildman–Crippen MR) is 91.5 cm³/mol. The second kappa shape index (κ2) is 7.81. The van der Waals surface area contributed by atoms with Crippen molar-refractivity contribution in [3.05, 3.63) is 77.0 Å². The highest BCUT2D eigenvalue weighted by Crippen LogP contribution is 2.18. The summed E-state index contributed by atoms with van der Waals surface area (Å²) in [5.74, 6) is -0.394. The van der Waals surface area contributed by atoms with Crippen molar-refractivity contribution in [3.8, 4) is 6.07 Å². The summed E-state index contributed by atoms with van der Waals surface area (Å²) in [5.41, 5.74) is 4.15. The predicted octanol–water partition coefficient (Wildman–Crippen LogP) is 3.44. The van der Waals surface area contributed by atoms with E-state index in [0.717, 1.165) is 22.4 Å². The highest BCUT2D eigenvalue weighted by atomic mass is 16.1. The Morgan fingerprint density at radius 1 is 1.13 bits per heavy atom. The van der Waals surface area contributed by atoms with E-state index in [9.17, 15) is 10.1 Å². The highest BCUT2D eigenvalue weighted by molar-refractivity contribution is 5.97. The molecular weight excluding hydrogens is 286 g/mol. The van der Waals surface area contributed by atoms with E-state index in [1.165, 1.54) is 6.20 Å². The second-order valence-corrected chi connectivity index (χ2v) is 5.23. The van der Waals surface area contributed by atoms with Crippen LogP contribution in [0.25, 0.3) is 0 Å². The molecule has 2 aromatic rings. The van der Waals surface area contributed by atoms with Crippen LogP contribution in [0.2, 0.25) is 0 Å². The van der Waals surface area contributed by atoms with Crippen LogP contribution in [-0.2, 0) is 11.3 Å². The maximum absolute atomic E-state index is 12.1. The quantitative estimate of drug-likeness (QED) is 0.657. The van der Waals surface area contributed by atoms with E-state index in [1.54, 1.807) is 0 Å². The van der Waals surface area contributed by atoms with Crippen LogP contribution < -0.4 is 10.6 Å². The third kappa shape index (κ3) is 4.45. The van der Waals surface area contributed by atoms with Crippen LogP contribution >= 0.6 is 0 Å². The van der Waals surface area contributed by atoms with Gasteiger partial charge in [0.2, 0.25) is 0 Å². The first-order valence-corrected chi connectivity index (χ1v) is 7.37. The van der Waals surface area contributed by atoms with Gasteiger partial charge in [0, 0.05) is 18.4 Å². The van der Waals surface area contributed by atoms with Crippen LogP contribution in [0, 0.1) is 25.2 Å². The maximum atomic E-state index is 12.1. The minimum Gasteiger partial charge on any atom is -0.360 e. The van der Waals surface area contributed by atoms with Crippen molar-refractivity contribution in [2.45, 2.75) is 20.4 Å². The molecule has 0 saturated heterocycles. The number of carbonyl (C=O) groups is 1. The molecule has 0 bridgehead atoms. The fourth-order valence-corrected chi connectivity index (χ4v) is 2.08. The molecule has 2 aromatic carbocycles. The van der Waals surface area contributed by atoms with Crippen molar-refractivity contribution in [3.63, 3.8) is 0 Å². The Hall–Kier alpha value is -3.06. The molecule has 2 N–H and O–H groups in total. The number of rotatable bonds is 5. The molecule has 0 atom stereocenters. The van der Waals surface area contributed by atoms with Crippen molar-refractivity contribution >= 4 is 11.6 Å². The fraction of sp³-hybridized carbons (Fsp3) is 0.158. The molecular formula is C19H19N3O. The van der Waals surface area contributed by atoms with Crippen molar-refractivity contribution in [1.82, 2.24) is 5.32 Å². The molecule has 2 rings (SSSR count). The summed E-state index contributed by atoms with van der Waals surface area (Å²) in [7, 11) is 0. The molecule has 4 heteroatoms. The Labute approximate surface area is 136 Å². The minimum absolute atomic E-state index is 0.0434. The van der Waals surface area contributed by atoms with E-state index < -0.39 is 5.91 Å². The lowest BCUT2D eigenvalue weighted by atomic mass is 10.1. The molecule has 4 nitrogen and oxygen atoms in total. The third-order valence-electron chi connectivity index (χ3n) is 3.64. The van der Waals surface area contributed by atoms with Gasteiger partial charge in [0.25, 0.3) is 5.91 Å². The average molecular weight is 305 g/mol. The normalized spacial score (nSPS) is 10.7. The SMILES string of the molecule is Cc1cccc(N/C=C(/C#N)C(=O)NCc2ccccc2)c1C. The lowest BCUT2D eigenvalue weighted by molar-refractivity contribution is -0.117. The molecule has 0 unspecified atom stereocenters. The molecule has 1 amide bonds. The average Bonchev–Trinajstić information content (AvgIpc) is 2.58.